The molecule has 0 aliphatic heterocycles. The van der Waals surface area contributed by atoms with E-state index in [0.717, 1.165) is 11.3 Å². The molecule has 1 radical (unpaired) electrons. The van der Waals surface area contributed by atoms with Crippen LogP contribution in [0.3, 0.4) is 0 Å². The Balaban J connectivity index is 2.43. The molecule has 2 aromatic rings. The third-order valence-corrected chi connectivity index (χ3v) is 1.96. The molecule has 0 aliphatic rings. The Hall–Kier alpha value is -1.90. The van der Waals surface area contributed by atoms with Crippen molar-refractivity contribution in [3.05, 3.63) is 42.9 Å². The summed E-state index contributed by atoms with van der Waals surface area (Å²) in [5.74, 6) is 0.816. The summed E-state index contributed by atoms with van der Waals surface area (Å²) in [6.07, 6.45) is 6.09. The number of hydrogen-bond donors (Lipinski definition) is 0. The van der Waals surface area contributed by atoms with Gasteiger partial charge in [0.1, 0.15) is 17.6 Å². The second-order valence-electron chi connectivity index (χ2n) is 2.95. The lowest BCUT2D eigenvalue weighted by molar-refractivity contribution is 0.341. The first kappa shape index (κ1) is 9.65. The van der Waals surface area contributed by atoms with Gasteiger partial charge < -0.3 is 4.74 Å². The molecule has 3 nitrogen and oxygen atoms in total. The quantitative estimate of drug-likeness (QED) is 0.761. The van der Waals surface area contributed by atoms with Crippen LogP contribution < -0.4 is 4.74 Å². The molecule has 1 aromatic heterocycles. The van der Waals surface area contributed by atoms with Crippen LogP contribution in [0.1, 0.15) is 6.92 Å². The van der Waals surface area contributed by atoms with Crippen LogP contribution in [0.5, 0.6) is 5.75 Å². The van der Waals surface area contributed by atoms with Crippen molar-refractivity contribution in [2.45, 2.75) is 6.92 Å². The molecule has 0 atom stereocenters. The first-order valence-corrected chi connectivity index (χ1v) is 4.82. The molecule has 0 spiro atoms. The summed E-state index contributed by atoms with van der Waals surface area (Å²) < 4.78 is 5.50. The third-order valence-electron chi connectivity index (χ3n) is 1.96. The van der Waals surface area contributed by atoms with E-state index in [9.17, 15) is 0 Å². The van der Waals surface area contributed by atoms with E-state index in [-0.39, 0.29) is 0 Å². The fourth-order valence-corrected chi connectivity index (χ4v) is 1.34. The van der Waals surface area contributed by atoms with Gasteiger partial charge in [0.15, 0.2) is 0 Å². The molecular weight excluding hydrogens is 188 g/mol. The number of para-hydroxylation sites is 1. The Morgan fingerprint density at radius 1 is 1.27 bits per heavy atom. The zero-order valence-corrected chi connectivity index (χ0v) is 8.47. The molecule has 0 N–H and O–H groups in total. The molecule has 0 bridgehead atoms. The van der Waals surface area contributed by atoms with Crippen LogP contribution in [0.25, 0.3) is 11.3 Å². The van der Waals surface area contributed by atoms with Gasteiger partial charge >= 0.3 is 0 Å². The van der Waals surface area contributed by atoms with Gasteiger partial charge in [-0.3, -0.25) is 9.97 Å². The predicted octanol–water partition coefficient (Wildman–Crippen LogP) is 2.34. The van der Waals surface area contributed by atoms with Gasteiger partial charge in [0.2, 0.25) is 0 Å². The third kappa shape index (κ3) is 2.13. The Kier molecular flexibility index (Phi) is 2.93. The van der Waals surface area contributed by atoms with Crippen LogP contribution >= 0.6 is 0 Å². The van der Waals surface area contributed by atoms with E-state index in [2.05, 4.69) is 16.2 Å². The average molecular weight is 199 g/mol. The number of rotatable bonds is 3. The standard InChI is InChI=1S/C12H11N2O/c1-2-15-12-6-4-3-5-10(12)11-9-13-7-8-14-11/h3-8H,2H2,1H3. The molecule has 1 aromatic carbocycles. The molecule has 15 heavy (non-hydrogen) atoms. The lowest BCUT2D eigenvalue weighted by Crippen LogP contribution is -1.95. The van der Waals surface area contributed by atoms with Gasteiger partial charge in [-0.05, 0) is 19.1 Å². The number of hydrogen-bond acceptors (Lipinski definition) is 3. The molecule has 0 aliphatic carbocycles. The van der Waals surface area contributed by atoms with E-state index >= 15 is 0 Å². The first-order valence-electron chi connectivity index (χ1n) is 4.82. The molecule has 3 heteroatoms. The topological polar surface area (TPSA) is 35.0 Å². The minimum atomic E-state index is 0.636. The van der Waals surface area contributed by atoms with Gasteiger partial charge in [-0.15, -0.1) is 0 Å². The minimum Gasteiger partial charge on any atom is -0.493 e. The monoisotopic (exact) mass is 199 g/mol. The van der Waals surface area contributed by atoms with E-state index in [4.69, 9.17) is 4.74 Å². The van der Waals surface area contributed by atoms with Crippen LogP contribution in [0.4, 0.5) is 0 Å². The smallest absolute Gasteiger partial charge is 0.128 e. The summed E-state index contributed by atoms with van der Waals surface area (Å²) in [6.45, 7) is 2.59. The highest BCUT2D eigenvalue weighted by atomic mass is 16.5. The average Bonchev–Trinajstić information content (AvgIpc) is 2.31. The van der Waals surface area contributed by atoms with Gasteiger partial charge in [0, 0.05) is 18.0 Å². The SMILES string of the molecule is CCOc1ccccc1-c1[c]nccn1. The molecule has 75 valence electrons. The van der Waals surface area contributed by atoms with E-state index in [0.29, 0.717) is 12.3 Å². The maximum Gasteiger partial charge on any atom is 0.128 e. The number of ether oxygens (including phenoxy) is 1. The fraction of sp³-hybridized carbons (Fsp3) is 0.167. The predicted molar refractivity (Wildman–Crippen MR) is 57.5 cm³/mol. The van der Waals surface area contributed by atoms with Crippen molar-refractivity contribution in [2.24, 2.45) is 0 Å². The maximum atomic E-state index is 5.50. The van der Waals surface area contributed by atoms with Crippen molar-refractivity contribution in [2.75, 3.05) is 6.61 Å². The van der Waals surface area contributed by atoms with Crippen LogP contribution in [-0.4, -0.2) is 16.6 Å². The number of nitrogens with zero attached hydrogens (tertiary/aromatic N) is 2. The van der Waals surface area contributed by atoms with E-state index < -0.39 is 0 Å². The van der Waals surface area contributed by atoms with Crippen molar-refractivity contribution >= 4 is 0 Å². The Labute approximate surface area is 88.8 Å². The summed E-state index contributed by atoms with van der Waals surface area (Å²) in [5.41, 5.74) is 1.63. The molecule has 0 amide bonds. The highest BCUT2D eigenvalue weighted by Crippen LogP contribution is 2.26. The van der Waals surface area contributed by atoms with Crippen molar-refractivity contribution in [3.8, 4) is 17.0 Å². The van der Waals surface area contributed by atoms with E-state index in [1.807, 2.05) is 31.2 Å². The summed E-state index contributed by atoms with van der Waals surface area (Å²) in [6, 6.07) is 7.75. The summed E-state index contributed by atoms with van der Waals surface area (Å²) in [4.78, 5) is 8.11. The Morgan fingerprint density at radius 3 is 2.87 bits per heavy atom. The highest BCUT2D eigenvalue weighted by molar-refractivity contribution is 5.65. The molecule has 1 heterocycles. The lowest BCUT2D eigenvalue weighted by Gasteiger charge is -2.08. The minimum absolute atomic E-state index is 0.636. The summed E-state index contributed by atoms with van der Waals surface area (Å²) in [7, 11) is 0. The molecule has 0 unspecified atom stereocenters. The molecule has 0 saturated carbocycles. The van der Waals surface area contributed by atoms with Crippen LogP contribution in [0.2, 0.25) is 0 Å². The molecular formula is C12H11N2O. The van der Waals surface area contributed by atoms with Gasteiger partial charge in [0.25, 0.3) is 0 Å². The van der Waals surface area contributed by atoms with Gasteiger partial charge in [-0.2, -0.15) is 0 Å². The van der Waals surface area contributed by atoms with Gasteiger partial charge in [-0.1, -0.05) is 12.1 Å². The largest absolute Gasteiger partial charge is 0.493 e. The van der Waals surface area contributed by atoms with E-state index in [1.54, 1.807) is 12.4 Å². The van der Waals surface area contributed by atoms with Gasteiger partial charge in [0.05, 0.1) is 6.61 Å². The lowest BCUT2D eigenvalue weighted by atomic mass is 10.1. The summed E-state index contributed by atoms with van der Waals surface area (Å²) in [5, 5.41) is 0. The highest BCUT2D eigenvalue weighted by Gasteiger charge is 2.05. The molecule has 2 rings (SSSR count). The second kappa shape index (κ2) is 4.55. The number of benzene rings is 1. The Bertz CT molecular complexity index is 429. The van der Waals surface area contributed by atoms with Crippen molar-refractivity contribution in [1.82, 2.24) is 9.97 Å². The number of aromatic nitrogens is 2. The maximum absolute atomic E-state index is 5.50. The van der Waals surface area contributed by atoms with Crippen molar-refractivity contribution in [3.63, 3.8) is 0 Å². The van der Waals surface area contributed by atoms with Crippen LogP contribution in [0, 0.1) is 6.20 Å². The van der Waals surface area contributed by atoms with Gasteiger partial charge in [-0.25, -0.2) is 0 Å². The zero-order valence-electron chi connectivity index (χ0n) is 8.47. The first-order chi connectivity index (χ1) is 7.42. The summed E-state index contributed by atoms with van der Waals surface area (Å²) >= 11 is 0. The molecule has 0 saturated heterocycles. The van der Waals surface area contributed by atoms with Crippen LogP contribution in [0.15, 0.2) is 36.7 Å². The second-order valence-corrected chi connectivity index (χ2v) is 2.95. The van der Waals surface area contributed by atoms with Crippen molar-refractivity contribution in [1.29, 1.82) is 0 Å². The fourth-order valence-electron chi connectivity index (χ4n) is 1.34. The van der Waals surface area contributed by atoms with E-state index in [1.165, 1.54) is 0 Å². The van der Waals surface area contributed by atoms with Crippen molar-refractivity contribution < 1.29 is 4.74 Å². The van der Waals surface area contributed by atoms with Crippen LogP contribution in [-0.2, 0) is 0 Å². The zero-order chi connectivity index (χ0) is 10.5. The normalized spacial score (nSPS) is 9.93. The Morgan fingerprint density at radius 2 is 2.13 bits per heavy atom. The molecule has 0 fully saturated rings.